The van der Waals surface area contributed by atoms with E-state index in [0.717, 1.165) is 47.3 Å². The summed E-state index contributed by atoms with van der Waals surface area (Å²) in [5.41, 5.74) is 4.69. The van der Waals surface area contributed by atoms with Crippen molar-refractivity contribution in [3.05, 3.63) is 89.0 Å². The highest BCUT2D eigenvalue weighted by Gasteiger charge is 2.29. The van der Waals surface area contributed by atoms with E-state index in [0.29, 0.717) is 5.69 Å². The number of hydrogen-bond donors (Lipinski definition) is 1. The summed E-state index contributed by atoms with van der Waals surface area (Å²) in [4.78, 5) is 13.4. The van der Waals surface area contributed by atoms with Crippen molar-refractivity contribution in [3.63, 3.8) is 0 Å². The number of carbonyl (C=O) groups is 1. The number of hydrogen-bond acceptors (Lipinski definition) is 4. The first-order chi connectivity index (χ1) is 16.3. The SMILES string of the molecule is COc1ccc2c(c1)CCCC2NC(=O)CN(c1ccc(C)c(C)c1)S(=O)(=O)c1ccccc1. The first kappa shape index (κ1) is 23.8. The van der Waals surface area contributed by atoms with Gasteiger partial charge in [0, 0.05) is 0 Å². The van der Waals surface area contributed by atoms with Gasteiger partial charge >= 0.3 is 0 Å². The molecular formula is C27H30N2O4S. The van der Waals surface area contributed by atoms with Crippen molar-refractivity contribution in [1.82, 2.24) is 5.32 Å². The van der Waals surface area contributed by atoms with Crippen LogP contribution < -0.4 is 14.4 Å². The lowest BCUT2D eigenvalue weighted by molar-refractivity contribution is -0.120. The highest BCUT2D eigenvalue weighted by Crippen LogP contribution is 2.32. The van der Waals surface area contributed by atoms with Gasteiger partial charge in [0.2, 0.25) is 5.91 Å². The minimum absolute atomic E-state index is 0.149. The van der Waals surface area contributed by atoms with Crippen LogP contribution in [0.25, 0.3) is 0 Å². The predicted octanol–water partition coefficient (Wildman–Crippen LogP) is 4.70. The average Bonchev–Trinajstić information content (AvgIpc) is 2.84. The number of amides is 1. The Balaban J connectivity index is 1.62. The maximum Gasteiger partial charge on any atom is 0.264 e. The number of rotatable bonds is 7. The van der Waals surface area contributed by atoms with Gasteiger partial charge in [0.25, 0.3) is 10.0 Å². The van der Waals surface area contributed by atoms with Gasteiger partial charge in [-0.15, -0.1) is 0 Å². The molecule has 1 atom stereocenters. The van der Waals surface area contributed by atoms with Crippen molar-refractivity contribution in [2.75, 3.05) is 18.0 Å². The van der Waals surface area contributed by atoms with Gasteiger partial charge in [0.15, 0.2) is 0 Å². The second-order valence-corrected chi connectivity index (χ2v) is 10.5. The van der Waals surface area contributed by atoms with E-state index in [-0.39, 0.29) is 23.4 Å². The predicted molar refractivity (Wildman–Crippen MR) is 134 cm³/mol. The van der Waals surface area contributed by atoms with Crippen LogP contribution in [0.2, 0.25) is 0 Å². The first-order valence-electron chi connectivity index (χ1n) is 11.4. The number of methoxy groups -OCH3 is 1. The van der Waals surface area contributed by atoms with Crippen LogP contribution in [0, 0.1) is 13.8 Å². The third kappa shape index (κ3) is 4.94. The van der Waals surface area contributed by atoms with E-state index in [1.54, 1.807) is 43.5 Å². The summed E-state index contributed by atoms with van der Waals surface area (Å²) < 4.78 is 33.6. The number of sulfonamides is 1. The molecule has 6 nitrogen and oxygen atoms in total. The standard InChI is InChI=1S/C27H30N2O4S/c1-19-12-13-22(16-20(19)2)29(34(31,32)24-9-5-4-6-10-24)18-27(30)28-26-11-7-8-21-17-23(33-3)14-15-25(21)26/h4-6,9-10,12-17,26H,7-8,11,18H2,1-3H3,(H,28,30). The third-order valence-corrected chi connectivity index (χ3v) is 8.18. The molecule has 4 rings (SSSR count). The fourth-order valence-corrected chi connectivity index (χ4v) is 5.79. The Kier molecular flexibility index (Phi) is 6.93. The summed E-state index contributed by atoms with van der Waals surface area (Å²) in [7, 11) is -2.30. The van der Waals surface area contributed by atoms with E-state index in [4.69, 9.17) is 4.74 Å². The van der Waals surface area contributed by atoms with Crippen LogP contribution in [0.15, 0.2) is 71.6 Å². The van der Waals surface area contributed by atoms with Crippen molar-refractivity contribution in [2.24, 2.45) is 0 Å². The molecule has 0 radical (unpaired) electrons. The summed E-state index contributed by atoms with van der Waals surface area (Å²) in [5, 5.41) is 3.08. The maximum atomic E-state index is 13.6. The van der Waals surface area contributed by atoms with Crippen LogP contribution in [-0.4, -0.2) is 28.0 Å². The number of ether oxygens (including phenoxy) is 1. The van der Waals surface area contributed by atoms with Crippen molar-refractivity contribution in [3.8, 4) is 5.75 Å². The fourth-order valence-electron chi connectivity index (χ4n) is 4.35. The normalized spacial score (nSPS) is 15.3. The molecule has 3 aromatic rings. The van der Waals surface area contributed by atoms with Crippen LogP contribution in [0.5, 0.6) is 5.75 Å². The third-order valence-electron chi connectivity index (χ3n) is 6.40. The van der Waals surface area contributed by atoms with E-state index in [1.165, 1.54) is 4.31 Å². The average molecular weight is 479 g/mol. The van der Waals surface area contributed by atoms with Crippen LogP contribution in [0.4, 0.5) is 5.69 Å². The molecule has 3 aromatic carbocycles. The highest BCUT2D eigenvalue weighted by molar-refractivity contribution is 7.92. The second kappa shape index (κ2) is 9.89. The largest absolute Gasteiger partial charge is 0.497 e. The van der Waals surface area contributed by atoms with Gasteiger partial charge in [-0.3, -0.25) is 9.10 Å². The molecule has 0 spiro atoms. The van der Waals surface area contributed by atoms with E-state index < -0.39 is 10.0 Å². The Morgan fingerprint density at radius 3 is 2.50 bits per heavy atom. The van der Waals surface area contributed by atoms with Crippen LogP contribution >= 0.6 is 0 Å². The summed E-state index contributed by atoms with van der Waals surface area (Å²) in [6.07, 6.45) is 2.67. The van der Waals surface area contributed by atoms with Crippen LogP contribution in [0.1, 0.15) is 41.1 Å². The Morgan fingerprint density at radius 1 is 1.03 bits per heavy atom. The van der Waals surface area contributed by atoms with Gasteiger partial charge in [0.1, 0.15) is 12.3 Å². The summed E-state index contributed by atoms with van der Waals surface area (Å²) in [6.45, 7) is 3.60. The number of nitrogens with one attached hydrogen (secondary N) is 1. The number of nitrogens with zero attached hydrogens (tertiary/aromatic N) is 1. The fraction of sp³-hybridized carbons (Fsp3) is 0.296. The molecule has 1 N–H and O–H groups in total. The molecular weight excluding hydrogens is 448 g/mol. The lowest BCUT2D eigenvalue weighted by atomic mass is 9.87. The molecule has 1 aliphatic rings. The lowest BCUT2D eigenvalue weighted by Gasteiger charge is -2.29. The summed E-state index contributed by atoms with van der Waals surface area (Å²) in [5.74, 6) is 0.451. The van der Waals surface area contributed by atoms with Gasteiger partial charge in [-0.05, 0) is 91.8 Å². The molecule has 0 aromatic heterocycles. The van der Waals surface area contributed by atoms with E-state index in [1.807, 2.05) is 44.2 Å². The minimum Gasteiger partial charge on any atom is -0.497 e. The zero-order valence-corrected chi connectivity index (χ0v) is 20.6. The zero-order chi connectivity index (χ0) is 24.3. The number of aryl methyl sites for hydroxylation is 3. The van der Waals surface area contributed by atoms with Crippen LogP contribution in [0.3, 0.4) is 0 Å². The topological polar surface area (TPSA) is 75.7 Å². The number of anilines is 1. The van der Waals surface area contributed by atoms with Gasteiger partial charge in [0.05, 0.1) is 23.7 Å². The molecule has 34 heavy (non-hydrogen) atoms. The van der Waals surface area contributed by atoms with Crippen molar-refractivity contribution >= 4 is 21.6 Å². The van der Waals surface area contributed by atoms with E-state index >= 15 is 0 Å². The van der Waals surface area contributed by atoms with E-state index in [2.05, 4.69) is 5.32 Å². The number of benzene rings is 3. The molecule has 178 valence electrons. The molecule has 0 saturated heterocycles. The maximum absolute atomic E-state index is 13.6. The van der Waals surface area contributed by atoms with Gasteiger partial charge in [-0.2, -0.15) is 0 Å². The Labute approximate surface area is 201 Å². The lowest BCUT2D eigenvalue weighted by Crippen LogP contribution is -2.42. The number of fused-ring (bicyclic) bond motifs is 1. The van der Waals surface area contributed by atoms with Crippen LogP contribution in [-0.2, 0) is 21.2 Å². The molecule has 7 heteroatoms. The smallest absolute Gasteiger partial charge is 0.264 e. The van der Waals surface area contributed by atoms with E-state index in [9.17, 15) is 13.2 Å². The van der Waals surface area contributed by atoms with Crippen molar-refractivity contribution in [2.45, 2.75) is 44.0 Å². The molecule has 0 saturated carbocycles. The molecule has 1 amide bonds. The second-order valence-electron chi connectivity index (χ2n) is 8.67. The molecule has 0 heterocycles. The molecule has 1 unspecified atom stereocenters. The van der Waals surface area contributed by atoms with Crippen molar-refractivity contribution < 1.29 is 17.9 Å². The molecule has 1 aliphatic carbocycles. The molecule has 0 aliphatic heterocycles. The highest BCUT2D eigenvalue weighted by atomic mass is 32.2. The molecule has 0 fully saturated rings. The molecule has 0 bridgehead atoms. The van der Waals surface area contributed by atoms with Gasteiger partial charge < -0.3 is 10.1 Å². The first-order valence-corrected chi connectivity index (χ1v) is 12.8. The zero-order valence-electron chi connectivity index (χ0n) is 19.7. The monoisotopic (exact) mass is 478 g/mol. The summed E-state index contributed by atoms with van der Waals surface area (Å²) in [6, 6.07) is 19.4. The minimum atomic E-state index is -3.93. The van der Waals surface area contributed by atoms with Crippen molar-refractivity contribution in [1.29, 1.82) is 0 Å². The quantitative estimate of drug-likeness (QED) is 0.534. The Bertz CT molecular complexity index is 1290. The summed E-state index contributed by atoms with van der Waals surface area (Å²) >= 11 is 0. The Morgan fingerprint density at radius 2 is 1.79 bits per heavy atom. The van der Waals surface area contributed by atoms with Gasteiger partial charge in [-0.1, -0.05) is 30.3 Å². The van der Waals surface area contributed by atoms with Gasteiger partial charge in [-0.25, -0.2) is 8.42 Å². The number of carbonyl (C=O) groups excluding carboxylic acids is 1. The Hall–Kier alpha value is -3.32.